The Labute approximate surface area is 121 Å². The molecule has 20 heavy (non-hydrogen) atoms. The number of ether oxygens (including phenoxy) is 1. The first-order valence-corrected chi connectivity index (χ1v) is 7.80. The van der Waals surface area contributed by atoms with E-state index in [1.807, 2.05) is 12.1 Å². The van der Waals surface area contributed by atoms with Gasteiger partial charge in [-0.05, 0) is 61.8 Å². The highest BCUT2D eigenvalue weighted by molar-refractivity contribution is 5.50. The highest BCUT2D eigenvalue weighted by Gasteiger charge is 2.32. The Morgan fingerprint density at radius 1 is 1.25 bits per heavy atom. The smallest absolute Gasteiger partial charge is 0.120 e. The van der Waals surface area contributed by atoms with E-state index in [-0.39, 0.29) is 0 Å². The number of aryl methyl sites for hydroxylation is 1. The predicted octanol–water partition coefficient (Wildman–Crippen LogP) is 3.27. The summed E-state index contributed by atoms with van der Waals surface area (Å²) < 4.78 is 5.41. The Kier molecular flexibility index (Phi) is 3.99. The molecule has 3 nitrogen and oxygen atoms in total. The Balaban J connectivity index is 1.72. The summed E-state index contributed by atoms with van der Waals surface area (Å²) >= 11 is 0. The van der Waals surface area contributed by atoms with E-state index in [9.17, 15) is 5.11 Å². The molecular formula is C17H25NO2. The van der Waals surface area contributed by atoms with E-state index in [1.54, 1.807) is 0 Å². The van der Waals surface area contributed by atoms with Crippen molar-refractivity contribution in [2.45, 2.75) is 45.1 Å². The Hall–Kier alpha value is -1.06. The second-order valence-electron chi connectivity index (χ2n) is 6.38. The van der Waals surface area contributed by atoms with Crippen LogP contribution in [0.1, 0.15) is 54.8 Å². The molecule has 0 spiro atoms. The van der Waals surface area contributed by atoms with E-state index in [4.69, 9.17) is 4.74 Å². The molecule has 2 aliphatic rings. The molecule has 2 N–H and O–H groups in total. The largest absolute Gasteiger partial charge is 0.508 e. The monoisotopic (exact) mass is 275 g/mol. The van der Waals surface area contributed by atoms with Gasteiger partial charge in [0.05, 0.1) is 0 Å². The molecule has 2 unspecified atom stereocenters. The van der Waals surface area contributed by atoms with Crippen molar-refractivity contribution in [1.29, 1.82) is 0 Å². The van der Waals surface area contributed by atoms with Crippen molar-refractivity contribution in [3.05, 3.63) is 28.8 Å². The topological polar surface area (TPSA) is 41.5 Å². The van der Waals surface area contributed by atoms with Crippen LogP contribution in [-0.2, 0) is 4.74 Å². The molecule has 1 aliphatic heterocycles. The molecule has 1 aromatic rings. The van der Waals surface area contributed by atoms with Gasteiger partial charge in [-0.2, -0.15) is 0 Å². The van der Waals surface area contributed by atoms with Crippen molar-refractivity contribution in [3.8, 4) is 5.75 Å². The molecule has 3 rings (SSSR count). The zero-order chi connectivity index (χ0) is 14.1. The van der Waals surface area contributed by atoms with Crippen LogP contribution in [0.15, 0.2) is 12.1 Å². The van der Waals surface area contributed by atoms with Gasteiger partial charge in [-0.25, -0.2) is 0 Å². The van der Waals surface area contributed by atoms with Crippen molar-refractivity contribution in [2.24, 2.45) is 5.92 Å². The van der Waals surface area contributed by atoms with Crippen LogP contribution in [0, 0.1) is 12.8 Å². The lowest BCUT2D eigenvalue weighted by Crippen LogP contribution is -2.30. The first kappa shape index (κ1) is 13.9. The van der Waals surface area contributed by atoms with Gasteiger partial charge in [0.2, 0.25) is 0 Å². The van der Waals surface area contributed by atoms with Gasteiger partial charge in [-0.3, -0.25) is 0 Å². The van der Waals surface area contributed by atoms with Crippen molar-refractivity contribution in [3.63, 3.8) is 0 Å². The molecule has 0 amide bonds. The van der Waals surface area contributed by atoms with E-state index in [1.165, 1.54) is 11.1 Å². The van der Waals surface area contributed by atoms with Gasteiger partial charge in [0.25, 0.3) is 0 Å². The third-order valence-electron chi connectivity index (χ3n) is 4.91. The summed E-state index contributed by atoms with van der Waals surface area (Å²) in [5.41, 5.74) is 3.81. The third kappa shape index (κ3) is 2.57. The lowest BCUT2D eigenvalue weighted by Gasteiger charge is -2.24. The molecule has 110 valence electrons. The maximum absolute atomic E-state index is 10.2. The second kappa shape index (κ2) is 5.74. The van der Waals surface area contributed by atoms with Crippen LogP contribution in [0.25, 0.3) is 0 Å². The molecule has 1 saturated heterocycles. The number of nitrogens with one attached hydrogen (secondary N) is 1. The first-order chi connectivity index (χ1) is 9.66. The highest BCUT2D eigenvalue weighted by atomic mass is 16.5. The molecular weight excluding hydrogens is 250 g/mol. The predicted molar refractivity (Wildman–Crippen MR) is 80.2 cm³/mol. The van der Waals surface area contributed by atoms with Crippen molar-refractivity contribution in [2.75, 3.05) is 19.8 Å². The molecule has 1 aromatic carbocycles. The summed E-state index contributed by atoms with van der Waals surface area (Å²) in [4.78, 5) is 0. The van der Waals surface area contributed by atoms with Crippen LogP contribution in [0.2, 0.25) is 0 Å². The van der Waals surface area contributed by atoms with Gasteiger partial charge in [-0.15, -0.1) is 0 Å². The molecule has 1 heterocycles. The Morgan fingerprint density at radius 2 is 2.00 bits per heavy atom. The van der Waals surface area contributed by atoms with Gasteiger partial charge in [-0.1, -0.05) is 13.0 Å². The number of hydrogen-bond donors (Lipinski definition) is 2. The number of rotatable bonds is 3. The van der Waals surface area contributed by atoms with Crippen molar-refractivity contribution in [1.82, 2.24) is 5.32 Å². The average Bonchev–Trinajstić information content (AvgIpc) is 2.80. The molecule has 0 aromatic heterocycles. The lowest BCUT2D eigenvalue weighted by molar-refractivity contribution is 0.0654. The van der Waals surface area contributed by atoms with Crippen LogP contribution in [-0.4, -0.2) is 24.9 Å². The van der Waals surface area contributed by atoms with Crippen LogP contribution in [0.5, 0.6) is 5.75 Å². The standard InChI is InChI=1S/C17H25NO2/c1-11-3-4-15(19)17-14(9-12(2)16(11)17)18-10-13-5-7-20-8-6-13/h3-4,12-14,18-19H,5-10H2,1-2H3. The fourth-order valence-electron chi connectivity index (χ4n) is 3.79. The summed E-state index contributed by atoms with van der Waals surface area (Å²) in [7, 11) is 0. The zero-order valence-corrected chi connectivity index (χ0v) is 12.5. The van der Waals surface area contributed by atoms with E-state index in [0.717, 1.165) is 50.5 Å². The van der Waals surface area contributed by atoms with Gasteiger partial charge < -0.3 is 15.2 Å². The molecule has 1 aliphatic carbocycles. The molecule has 1 fully saturated rings. The first-order valence-electron chi connectivity index (χ1n) is 7.80. The van der Waals surface area contributed by atoms with Gasteiger partial charge in [0.1, 0.15) is 5.75 Å². The van der Waals surface area contributed by atoms with E-state index >= 15 is 0 Å². The van der Waals surface area contributed by atoms with Crippen molar-refractivity contribution < 1.29 is 9.84 Å². The van der Waals surface area contributed by atoms with Crippen LogP contribution >= 0.6 is 0 Å². The van der Waals surface area contributed by atoms with Gasteiger partial charge in [0.15, 0.2) is 0 Å². The molecule has 0 radical (unpaired) electrons. The Morgan fingerprint density at radius 3 is 2.75 bits per heavy atom. The fourth-order valence-corrected chi connectivity index (χ4v) is 3.79. The minimum Gasteiger partial charge on any atom is -0.508 e. The highest BCUT2D eigenvalue weighted by Crippen LogP contribution is 2.45. The maximum atomic E-state index is 10.2. The molecule has 0 bridgehead atoms. The summed E-state index contributed by atoms with van der Waals surface area (Å²) in [5.74, 6) is 1.71. The second-order valence-corrected chi connectivity index (χ2v) is 6.38. The minimum atomic E-state index is 0.308. The molecule has 2 atom stereocenters. The molecule has 0 saturated carbocycles. The van der Waals surface area contributed by atoms with Crippen LogP contribution in [0.3, 0.4) is 0 Å². The zero-order valence-electron chi connectivity index (χ0n) is 12.5. The average molecular weight is 275 g/mol. The SMILES string of the molecule is Cc1ccc(O)c2c1C(C)CC2NCC1CCOCC1. The van der Waals surface area contributed by atoms with Crippen LogP contribution < -0.4 is 5.32 Å². The maximum Gasteiger partial charge on any atom is 0.120 e. The van der Waals surface area contributed by atoms with E-state index < -0.39 is 0 Å². The number of phenolic OH excluding ortho intramolecular Hbond substituents is 1. The number of aromatic hydroxyl groups is 1. The van der Waals surface area contributed by atoms with Gasteiger partial charge >= 0.3 is 0 Å². The minimum absolute atomic E-state index is 0.308. The number of phenols is 1. The fraction of sp³-hybridized carbons (Fsp3) is 0.647. The number of hydrogen-bond acceptors (Lipinski definition) is 3. The van der Waals surface area contributed by atoms with Gasteiger partial charge in [0, 0.05) is 24.8 Å². The number of fused-ring (bicyclic) bond motifs is 1. The third-order valence-corrected chi connectivity index (χ3v) is 4.91. The summed E-state index contributed by atoms with van der Waals surface area (Å²) in [6, 6.07) is 4.18. The van der Waals surface area contributed by atoms with E-state index in [2.05, 4.69) is 19.2 Å². The molecule has 3 heteroatoms. The Bertz CT molecular complexity index is 480. The normalized spacial score (nSPS) is 26.7. The quantitative estimate of drug-likeness (QED) is 0.889. The van der Waals surface area contributed by atoms with Crippen molar-refractivity contribution >= 4 is 0 Å². The summed E-state index contributed by atoms with van der Waals surface area (Å²) in [6.45, 7) is 7.24. The summed E-state index contributed by atoms with van der Waals surface area (Å²) in [5, 5.41) is 13.9. The summed E-state index contributed by atoms with van der Waals surface area (Å²) in [6.07, 6.45) is 3.40. The number of benzene rings is 1. The van der Waals surface area contributed by atoms with E-state index in [0.29, 0.717) is 17.7 Å². The lowest BCUT2D eigenvalue weighted by atomic mass is 9.97. The van der Waals surface area contributed by atoms with Crippen LogP contribution in [0.4, 0.5) is 0 Å².